The number of fused-ring (bicyclic) bond motifs is 10. The summed E-state index contributed by atoms with van der Waals surface area (Å²) >= 11 is 1.89. The lowest BCUT2D eigenvalue weighted by Gasteiger charge is -2.21. The van der Waals surface area contributed by atoms with Crippen LogP contribution < -0.4 is 0 Å². The fourth-order valence-electron chi connectivity index (χ4n) is 6.38. The third kappa shape index (κ3) is 2.42. The Morgan fingerprint density at radius 1 is 0.600 bits per heavy atom. The fourth-order valence-corrected chi connectivity index (χ4v) is 7.49. The lowest BCUT2D eigenvalue weighted by molar-refractivity contribution is 0.660. The number of nitrogens with zero attached hydrogens (tertiary/aromatic N) is 1. The van der Waals surface area contributed by atoms with Gasteiger partial charge in [-0.05, 0) is 52.6 Å². The highest BCUT2D eigenvalue weighted by atomic mass is 32.1. The van der Waals surface area contributed by atoms with E-state index in [-0.39, 0.29) is 5.41 Å². The van der Waals surface area contributed by atoms with Crippen molar-refractivity contribution < 1.29 is 0 Å². The first kappa shape index (κ1) is 19.4. The summed E-state index contributed by atoms with van der Waals surface area (Å²) in [7, 11) is 0. The minimum absolute atomic E-state index is 0.0160. The van der Waals surface area contributed by atoms with Gasteiger partial charge in [-0.25, -0.2) is 0 Å². The summed E-state index contributed by atoms with van der Waals surface area (Å²) in [5.74, 6) is 0. The summed E-state index contributed by atoms with van der Waals surface area (Å²) in [6, 6.07) is 38.3. The summed E-state index contributed by atoms with van der Waals surface area (Å²) in [5, 5.41) is 5.33. The molecule has 0 spiro atoms. The fraction of sp³-hybridized carbons (Fsp3) is 0.0909. The molecule has 1 aliphatic carbocycles. The number of hydrogen-bond acceptors (Lipinski definition) is 1. The first-order valence-corrected chi connectivity index (χ1v) is 13.0. The Kier molecular flexibility index (Phi) is 3.67. The maximum Gasteiger partial charge on any atom is 0.0634 e. The zero-order chi connectivity index (χ0) is 23.3. The van der Waals surface area contributed by atoms with Gasteiger partial charge in [0, 0.05) is 42.0 Å². The Balaban J connectivity index is 1.54. The molecule has 35 heavy (non-hydrogen) atoms. The van der Waals surface area contributed by atoms with Gasteiger partial charge in [0.15, 0.2) is 0 Å². The van der Waals surface area contributed by atoms with Crippen LogP contribution in [0.5, 0.6) is 0 Å². The molecule has 166 valence electrons. The van der Waals surface area contributed by atoms with Crippen LogP contribution in [0.3, 0.4) is 0 Å². The van der Waals surface area contributed by atoms with Crippen molar-refractivity contribution in [2.24, 2.45) is 0 Å². The third-order valence-electron chi connectivity index (χ3n) is 8.00. The first-order valence-electron chi connectivity index (χ1n) is 12.2. The molecule has 0 saturated heterocycles. The summed E-state index contributed by atoms with van der Waals surface area (Å²) < 4.78 is 5.19. The molecule has 0 amide bonds. The Labute approximate surface area is 207 Å². The van der Waals surface area contributed by atoms with Crippen LogP contribution in [-0.4, -0.2) is 4.57 Å². The zero-order valence-electron chi connectivity index (χ0n) is 19.7. The molecule has 1 nitrogen and oxygen atoms in total. The van der Waals surface area contributed by atoms with Crippen LogP contribution in [0.25, 0.3) is 58.8 Å². The van der Waals surface area contributed by atoms with Crippen LogP contribution in [0.15, 0.2) is 103 Å². The molecule has 7 aromatic rings. The molecule has 0 radical (unpaired) electrons. The van der Waals surface area contributed by atoms with E-state index in [1.807, 2.05) is 11.3 Å². The maximum absolute atomic E-state index is 2.50. The van der Waals surface area contributed by atoms with E-state index in [4.69, 9.17) is 0 Å². The van der Waals surface area contributed by atoms with Crippen molar-refractivity contribution in [1.82, 2.24) is 4.57 Å². The highest BCUT2D eigenvalue weighted by Gasteiger charge is 2.35. The van der Waals surface area contributed by atoms with Gasteiger partial charge < -0.3 is 4.57 Å². The number of benzene rings is 5. The average molecular weight is 466 g/mol. The quantitative estimate of drug-likeness (QED) is 0.227. The predicted octanol–water partition coefficient (Wildman–Crippen LogP) is 9.46. The minimum atomic E-state index is 0.0160. The normalized spacial score (nSPS) is 14.2. The van der Waals surface area contributed by atoms with Gasteiger partial charge in [0.1, 0.15) is 0 Å². The van der Waals surface area contributed by atoms with Gasteiger partial charge in [-0.1, -0.05) is 86.6 Å². The molecule has 2 heteroatoms. The minimum Gasteiger partial charge on any atom is -0.309 e. The van der Waals surface area contributed by atoms with E-state index in [0.29, 0.717) is 0 Å². The Morgan fingerprint density at radius 2 is 1.34 bits per heavy atom. The lowest BCUT2D eigenvalue weighted by atomic mass is 9.82. The van der Waals surface area contributed by atoms with Gasteiger partial charge in [-0.3, -0.25) is 0 Å². The van der Waals surface area contributed by atoms with Crippen LogP contribution in [0, 0.1) is 0 Å². The first-order chi connectivity index (χ1) is 17.1. The largest absolute Gasteiger partial charge is 0.309 e. The molecule has 0 N–H and O–H groups in total. The van der Waals surface area contributed by atoms with E-state index in [1.165, 1.54) is 69.9 Å². The van der Waals surface area contributed by atoms with E-state index in [9.17, 15) is 0 Å². The molecular formula is C33H23NS. The molecule has 5 aromatic carbocycles. The molecule has 0 unspecified atom stereocenters. The highest BCUT2D eigenvalue weighted by Crippen LogP contribution is 2.50. The van der Waals surface area contributed by atoms with E-state index in [1.54, 1.807) is 0 Å². The number of rotatable bonds is 1. The van der Waals surface area contributed by atoms with Crippen LogP contribution >= 0.6 is 11.3 Å². The number of thiophene rings is 1. The average Bonchev–Trinajstić information content (AvgIpc) is 3.50. The van der Waals surface area contributed by atoms with Crippen LogP contribution in [0.1, 0.15) is 25.0 Å². The molecule has 0 aliphatic heterocycles. The van der Waals surface area contributed by atoms with Crippen LogP contribution in [-0.2, 0) is 5.41 Å². The maximum atomic E-state index is 2.50. The van der Waals surface area contributed by atoms with E-state index < -0.39 is 0 Å². The van der Waals surface area contributed by atoms with Crippen LogP contribution in [0.2, 0.25) is 0 Å². The SMILES string of the molecule is CC1(C)c2ccccc2-c2cc(-n3c4ccccc4c4ccc5sc6ccccc6c5c43)ccc21. The smallest absolute Gasteiger partial charge is 0.0634 e. The van der Waals surface area contributed by atoms with Crippen LogP contribution in [0.4, 0.5) is 0 Å². The molecule has 0 atom stereocenters. The van der Waals surface area contributed by atoms with Crippen molar-refractivity contribution in [3.05, 3.63) is 114 Å². The Bertz CT molecular complexity index is 1980. The van der Waals surface area contributed by atoms with Crippen molar-refractivity contribution in [3.63, 3.8) is 0 Å². The Morgan fingerprint density at radius 3 is 2.26 bits per heavy atom. The topological polar surface area (TPSA) is 4.93 Å². The highest BCUT2D eigenvalue weighted by molar-refractivity contribution is 7.26. The summed E-state index contributed by atoms with van der Waals surface area (Å²) in [6.45, 7) is 4.69. The third-order valence-corrected chi connectivity index (χ3v) is 9.14. The molecule has 0 fully saturated rings. The van der Waals surface area contributed by atoms with Gasteiger partial charge in [0.2, 0.25) is 0 Å². The second-order valence-corrected chi connectivity index (χ2v) is 11.3. The molecule has 2 heterocycles. The van der Waals surface area contributed by atoms with E-state index in [0.717, 1.165) is 0 Å². The van der Waals surface area contributed by atoms with Gasteiger partial charge in [0.25, 0.3) is 0 Å². The second-order valence-electron chi connectivity index (χ2n) is 10.2. The zero-order valence-corrected chi connectivity index (χ0v) is 20.5. The molecular weight excluding hydrogens is 442 g/mol. The van der Waals surface area contributed by atoms with E-state index >= 15 is 0 Å². The van der Waals surface area contributed by atoms with Crippen molar-refractivity contribution in [1.29, 1.82) is 0 Å². The predicted molar refractivity (Wildman–Crippen MR) is 151 cm³/mol. The van der Waals surface area contributed by atoms with Crippen molar-refractivity contribution >= 4 is 53.3 Å². The molecule has 0 bridgehead atoms. The van der Waals surface area contributed by atoms with Gasteiger partial charge in [0.05, 0.1) is 11.0 Å². The summed E-state index contributed by atoms with van der Waals surface area (Å²) in [4.78, 5) is 0. The monoisotopic (exact) mass is 465 g/mol. The second kappa shape index (κ2) is 6.62. The van der Waals surface area contributed by atoms with Gasteiger partial charge in [-0.2, -0.15) is 0 Å². The van der Waals surface area contributed by atoms with Crippen molar-refractivity contribution in [2.75, 3.05) is 0 Å². The van der Waals surface area contributed by atoms with Gasteiger partial charge >= 0.3 is 0 Å². The standard InChI is InChI=1S/C33H23NS/c1-33(2)26-12-6-3-9-21(26)25-19-20(15-17-27(25)33)34-28-13-7-4-10-22(28)23-16-18-30-31(32(23)34)24-11-5-8-14-29(24)35-30/h3-19H,1-2H3. The lowest BCUT2D eigenvalue weighted by Crippen LogP contribution is -2.14. The molecule has 1 aliphatic rings. The molecule has 2 aromatic heterocycles. The Hall–Kier alpha value is -3.88. The van der Waals surface area contributed by atoms with Gasteiger partial charge in [-0.15, -0.1) is 11.3 Å². The molecule has 0 saturated carbocycles. The molecule has 8 rings (SSSR count). The number of hydrogen-bond donors (Lipinski definition) is 0. The summed E-state index contributed by atoms with van der Waals surface area (Å²) in [5.41, 5.74) is 9.36. The number of aromatic nitrogens is 1. The number of para-hydroxylation sites is 1. The summed E-state index contributed by atoms with van der Waals surface area (Å²) in [6.07, 6.45) is 0. The van der Waals surface area contributed by atoms with E-state index in [2.05, 4.69) is 122 Å². The van der Waals surface area contributed by atoms with Crippen molar-refractivity contribution in [2.45, 2.75) is 19.3 Å². The van der Waals surface area contributed by atoms with Crippen molar-refractivity contribution in [3.8, 4) is 16.8 Å².